The molecular formula is C14H18FNOS. The summed E-state index contributed by atoms with van der Waals surface area (Å²) in [6, 6.07) is 6.07. The molecule has 0 aromatic heterocycles. The summed E-state index contributed by atoms with van der Waals surface area (Å²) >= 11 is 1.63. The summed E-state index contributed by atoms with van der Waals surface area (Å²) in [4.78, 5) is 0.827. The molecule has 0 spiro atoms. The monoisotopic (exact) mass is 267 g/mol. The van der Waals surface area contributed by atoms with Crippen molar-refractivity contribution >= 4 is 11.8 Å². The molecule has 2 aliphatic heterocycles. The number of thioether (sulfide) groups is 1. The molecule has 2 aliphatic rings. The molecule has 1 aromatic rings. The topological polar surface area (TPSA) is 21.3 Å². The molecule has 1 aromatic carbocycles. The maximum atomic E-state index is 13.8. The van der Waals surface area contributed by atoms with E-state index in [1.54, 1.807) is 17.8 Å². The second-order valence-electron chi connectivity index (χ2n) is 4.99. The first kappa shape index (κ1) is 12.5. The van der Waals surface area contributed by atoms with Crippen molar-refractivity contribution in [1.82, 2.24) is 5.32 Å². The average molecular weight is 267 g/mol. The molecular weight excluding hydrogens is 249 g/mol. The van der Waals surface area contributed by atoms with Gasteiger partial charge in [-0.05, 0) is 37.1 Å². The fraction of sp³-hybridized carbons (Fsp3) is 0.571. The molecule has 0 bridgehead atoms. The lowest BCUT2D eigenvalue weighted by atomic mass is 10.0. The predicted molar refractivity (Wildman–Crippen MR) is 71.4 cm³/mol. The smallest absolute Gasteiger partial charge is 0.137 e. The maximum absolute atomic E-state index is 13.8. The zero-order chi connectivity index (χ0) is 12.5. The van der Waals surface area contributed by atoms with Crippen LogP contribution in [-0.4, -0.2) is 24.5 Å². The summed E-state index contributed by atoms with van der Waals surface area (Å²) in [5, 5.41) is 3.65. The first-order valence-electron chi connectivity index (χ1n) is 6.54. The van der Waals surface area contributed by atoms with Gasteiger partial charge in [-0.1, -0.05) is 12.1 Å². The lowest BCUT2D eigenvalue weighted by Gasteiger charge is -2.29. The Labute approximate surface area is 111 Å². The molecule has 2 nitrogen and oxygen atoms in total. The summed E-state index contributed by atoms with van der Waals surface area (Å²) in [6.45, 7) is 2.94. The SMILES string of the molecule is CC1OCCC1NC1CCSc2c(F)cccc21. The Balaban J connectivity index is 1.81. The highest BCUT2D eigenvalue weighted by atomic mass is 32.2. The summed E-state index contributed by atoms with van der Waals surface area (Å²) < 4.78 is 19.3. The van der Waals surface area contributed by atoms with Gasteiger partial charge >= 0.3 is 0 Å². The third-order valence-electron chi connectivity index (χ3n) is 3.82. The highest BCUT2D eigenvalue weighted by Gasteiger charge is 2.30. The zero-order valence-corrected chi connectivity index (χ0v) is 11.3. The number of rotatable bonds is 2. The van der Waals surface area contributed by atoms with Gasteiger partial charge in [0.25, 0.3) is 0 Å². The maximum Gasteiger partial charge on any atom is 0.137 e. The predicted octanol–water partition coefficient (Wildman–Crippen LogP) is 3.13. The number of nitrogens with one attached hydrogen (secondary N) is 1. The Morgan fingerprint density at radius 2 is 2.28 bits per heavy atom. The number of fused-ring (bicyclic) bond motifs is 1. The van der Waals surface area contributed by atoms with Gasteiger partial charge in [-0.25, -0.2) is 4.39 Å². The third-order valence-corrected chi connectivity index (χ3v) is 4.98. The van der Waals surface area contributed by atoms with Crippen LogP contribution in [0.5, 0.6) is 0 Å². The molecule has 3 unspecified atom stereocenters. The van der Waals surface area contributed by atoms with Crippen LogP contribution in [0.1, 0.15) is 31.4 Å². The quantitative estimate of drug-likeness (QED) is 0.889. The molecule has 0 amide bonds. The van der Waals surface area contributed by atoms with Crippen LogP contribution >= 0.6 is 11.8 Å². The minimum atomic E-state index is -0.0836. The fourth-order valence-electron chi connectivity index (χ4n) is 2.77. The Morgan fingerprint density at radius 1 is 1.39 bits per heavy atom. The van der Waals surface area contributed by atoms with E-state index < -0.39 is 0 Å². The summed E-state index contributed by atoms with van der Waals surface area (Å²) in [5.74, 6) is 0.896. The van der Waals surface area contributed by atoms with E-state index in [1.807, 2.05) is 12.1 Å². The first-order chi connectivity index (χ1) is 8.75. The Kier molecular flexibility index (Phi) is 3.59. The van der Waals surface area contributed by atoms with Crippen molar-refractivity contribution in [2.75, 3.05) is 12.4 Å². The number of benzene rings is 1. The number of hydrogen-bond acceptors (Lipinski definition) is 3. The van der Waals surface area contributed by atoms with Gasteiger partial charge in [0.15, 0.2) is 0 Å². The standard InChI is InChI=1S/C14H18FNOS/c1-9-12(5-7-17-9)16-13-6-8-18-14-10(13)3-2-4-11(14)15/h2-4,9,12-13,16H,5-8H2,1H3. The van der Waals surface area contributed by atoms with Crippen molar-refractivity contribution < 1.29 is 9.13 Å². The second kappa shape index (κ2) is 5.19. The molecule has 1 N–H and O–H groups in total. The van der Waals surface area contributed by atoms with Crippen LogP contribution in [0.3, 0.4) is 0 Å². The molecule has 0 radical (unpaired) electrons. The van der Waals surface area contributed by atoms with Gasteiger partial charge in [-0.3, -0.25) is 0 Å². The molecule has 3 rings (SSSR count). The highest BCUT2D eigenvalue weighted by Crippen LogP contribution is 2.38. The molecule has 0 saturated carbocycles. The van der Waals surface area contributed by atoms with E-state index in [0.717, 1.165) is 35.7 Å². The van der Waals surface area contributed by atoms with Crippen LogP contribution in [0.15, 0.2) is 23.1 Å². The Morgan fingerprint density at radius 3 is 3.06 bits per heavy atom. The molecule has 98 valence electrons. The van der Waals surface area contributed by atoms with Gasteiger partial charge in [0, 0.05) is 23.6 Å². The van der Waals surface area contributed by atoms with E-state index in [-0.39, 0.29) is 18.0 Å². The minimum Gasteiger partial charge on any atom is -0.377 e. The van der Waals surface area contributed by atoms with Gasteiger partial charge in [-0.15, -0.1) is 11.8 Å². The summed E-state index contributed by atoms with van der Waals surface area (Å²) in [5.41, 5.74) is 1.12. The van der Waals surface area contributed by atoms with E-state index in [0.29, 0.717) is 6.04 Å². The van der Waals surface area contributed by atoms with E-state index >= 15 is 0 Å². The highest BCUT2D eigenvalue weighted by molar-refractivity contribution is 7.99. The van der Waals surface area contributed by atoms with E-state index in [2.05, 4.69) is 12.2 Å². The van der Waals surface area contributed by atoms with Gasteiger partial charge in [0.2, 0.25) is 0 Å². The van der Waals surface area contributed by atoms with Crippen LogP contribution in [-0.2, 0) is 4.74 Å². The van der Waals surface area contributed by atoms with Crippen molar-refractivity contribution in [3.63, 3.8) is 0 Å². The Hall–Kier alpha value is -0.580. The van der Waals surface area contributed by atoms with Crippen molar-refractivity contribution in [3.05, 3.63) is 29.6 Å². The summed E-state index contributed by atoms with van der Waals surface area (Å²) in [6.07, 6.45) is 2.37. The van der Waals surface area contributed by atoms with Crippen molar-refractivity contribution in [3.8, 4) is 0 Å². The first-order valence-corrected chi connectivity index (χ1v) is 7.53. The molecule has 18 heavy (non-hydrogen) atoms. The summed E-state index contributed by atoms with van der Waals surface area (Å²) in [7, 11) is 0. The van der Waals surface area contributed by atoms with Crippen LogP contribution in [0.4, 0.5) is 4.39 Å². The molecule has 4 heteroatoms. The molecule has 3 atom stereocenters. The van der Waals surface area contributed by atoms with E-state index in [1.165, 1.54) is 0 Å². The van der Waals surface area contributed by atoms with E-state index in [9.17, 15) is 4.39 Å². The number of hydrogen-bond donors (Lipinski definition) is 1. The molecule has 1 saturated heterocycles. The van der Waals surface area contributed by atoms with Crippen molar-refractivity contribution in [2.45, 2.75) is 42.8 Å². The van der Waals surface area contributed by atoms with Gasteiger partial charge < -0.3 is 10.1 Å². The van der Waals surface area contributed by atoms with Gasteiger partial charge in [-0.2, -0.15) is 0 Å². The zero-order valence-electron chi connectivity index (χ0n) is 10.5. The van der Waals surface area contributed by atoms with E-state index in [4.69, 9.17) is 4.74 Å². The lowest BCUT2D eigenvalue weighted by molar-refractivity contribution is 0.110. The lowest BCUT2D eigenvalue weighted by Crippen LogP contribution is -2.38. The normalized spacial score (nSPS) is 31.3. The van der Waals surface area contributed by atoms with Gasteiger partial charge in [0.05, 0.1) is 6.10 Å². The van der Waals surface area contributed by atoms with Crippen LogP contribution in [0.25, 0.3) is 0 Å². The fourth-order valence-corrected chi connectivity index (χ4v) is 3.91. The molecule has 1 fully saturated rings. The largest absolute Gasteiger partial charge is 0.377 e. The number of halogens is 1. The third kappa shape index (κ3) is 2.29. The Bertz CT molecular complexity index is 440. The van der Waals surface area contributed by atoms with Crippen LogP contribution in [0.2, 0.25) is 0 Å². The molecule has 0 aliphatic carbocycles. The van der Waals surface area contributed by atoms with Crippen LogP contribution in [0, 0.1) is 5.82 Å². The van der Waals surface area contributed by atoms with Crippen LogP contribution < -0.4 is 5.32 Å². The van der Waals surface area contributed by atoms with Crippen molar-refractivity contribution in [2.24, 2.45) is 0 Å². The number of ether oxygens (including phenoxy) is 1. The minimum absolute atomic E-state index is 0.0836. The van der Waals surface area contributed by atoms with Gasteiger partial charge in [0.1, 0.15) is 5.82 Å². The molecule has 2 heterocycles. The second-order valence-corrected chi connectivity index (χ2v) is 6.09. The average Bonchev–Trinajstić information content (AvgIpc) is 2.77. The van der Waals surface area contributed by atoms with Crippen molar-refractivity contribution in [1.29, 1.82) is 0 Å².